The number of ether oxygens (including phenoxy) is 3. The number of rotatable bonds is 9. The summed E-state index contributed by atoms with van der Waals surface area (Å²) in [6, 6.07) is 6.38. The Bertz CT molecular complexity index is 688. The standard InChI is InChI=1S/C22H36N4O4/c1-5-23-21(25-18-11-14-26(15-12-18)22(27)29-4)24-13-7-8-17-9-10-19(28-3)20(16-17)30-6-2/h9-10,16,18H,5-8,11-15H2,1-4H3,(H2,23,24,25). The molecule has 2 rings (SSSR count). The van der Waals surface area contributed by atoms with E-state index in [4.69, 9.17) is 19.2 Å². The summed E-state index contributed by atoms with van der Waals surface area (Å²) in [5.41, 5.74) is 1.21. The number of nitrogens with zero attached hydrogens (tertiary/aromatic N) is 2. The first kappa shape index (κ1) is 23.6. The lowest BCUT2D eigenvalue weighted by Crippen LogP contribution is -2.49. The van der Waals surface area contributed by atoms with Crippen molar-refractivity contribution in [2.75, 3.05) is 47.0 Å². The van der Waals surface area contributed by atoms with E-state index in [9.17, 15) is 4.79 Å². The number of methoxy groups -OCH3 is 2. The summed E-state index contributed by atoms with van der Waals surface area (Å²) >= 11 is 0. The minimum Gasteiger partial charge on any atom is -0.493 e. The highest BCUT2D eigenvalue weighted by atomic mass is 16.5. The molecule has 0 aromatic heterocycles. The largest absolute Gasteiger partial charge is 0.493 e. The van der Waals surface area contributed by atoms with Gasteiger partial charge in [-0.3, -0.25) is 4.99 Å². The maximum Gasteiger partial charge on any atom is 0.409 e. The third-order valence-corrected chi connectivity index (χ3v) is 5.03. The molecule has 1 aromatic rings. The van der Waals surface area contributed by atoms with Gasteiger partial charge in [0.2, 0.25) is 0 Å². The zero-order valence-electron chi connectivity index (χ0n) is 18.7. The van der Waals surface area contributed by atoms with Crippen molar-refractivity contribution < 1.29 is 19.0 Å². The van der Waals surface area contributed by atoms with Crippen LogP contribution in [0.15, 0.2) is 23.2 Å². The first-order chi connectivity index (χ1) is 14.6. The molecule has 1 amide bonds. The van der Waals surface area contributed by atoms with Gasteiger partial charge in [0.15, 0.2) is 17.5 Å². The summed E-state index contributed by atoms with van der Waals surface area (Å²) in [7, 11) is 3.08. The van der Waals surface area contributed by atoms with Crippen molar-refractivity contribution >= 4 is 12.1 Å². The van der Waals surface area contributed by atoms with Gasteiger partial charge in [-0.15, -0.1) is 0 Å². The Morgan fingerprint density at radius 1 is 1.20 bits per heavy atom. The number of hydrogen-bond donors (Lipinski definition) is 2. The van der Waals surface area contributed by atoms with Crippen molar-refractivity contribution in [3.8, 4) is 11.5 Å². The molecule has 0 radical (unpaired) electrons. The molecule has 8 nitrogen and oxygen atoms in total. The summed E-state index contributed by atoms with van der Waals surface area (Å²) < 4.78 is 15.8. The van der Waals surface area contributed by atoms with E-state index in [2.05, 4.69) is 23.6 Å². The minimum atomic E-state index is -0.250. The van der Waals surface area contributed by atoms with Gasteiger partial charge >= 0.3 is 6.09 Å². The quantitative estimate of drug-likeness (QED) is 0.363. The number of likely N-dealkylation sites (tertiary alicyclic amines) is 1. The molecule has 1 aliphatic rings. The third kappa shape index (κ3) is 7.31. The van der Waals surface area contributed by atoms with Crippen LogP contribution in [-0.2, 0) is 11.2 Å². The van der Waals surface area contributed by atoms with Crippen LogP contribution in [0.25, 0.3) is 0 Å². The maximum atomic E-state index is 11.6. The number of guanidine groups is 1. The molecule has 0 bridgehead atoms. The molecule has 168 valence electrons. The van der Waals surface area contributed by atoms with Crippen LogP contribution >= 0.6 is 0 Å². The number of aliphatic imine (C=N–C) groups is 1. The number of hydrogen-bond acceptors (Lipinski definition) is 5. The Morgan fingerprint density at radius 3 is 2.60 bits per heavy atom. The average Bonchev–Trinajstić information content (AvgIpc) is 2.77. The van der Waals surface area contributed by atoms with Crippen LogP contribution in [0.1, 0.15) is 38.7 Å². The lowest BCUT2D eigenvalue weighted by atomic mass is 10.1. The molecule has 8 heteroatoms. The van der Waals surface area contributed by atoms with E-state index in [-0.39, 0.29) is 6.09 Å². The molecule has 0 atom stereocenters. The highest BCUT2D eigenvalue weighted by molar-refractivity contribution is 5.80. The van der Waals surface area contributed by atoms with Crippen LogP contribution in [0.4, 0.5) is 4.79 Å². The lowest BCUT2D eigenvalue weighted by molar-refractivity contribution is 0.111. The molecule has 0 unspecified atom stereocenters. The Labute approximate surface area is 180 Å². The highest BCUT2D eigenvalue weighted by Crippen LogP contribution is 2.28. The van der Waals surface area contributed by atoms with Crippen LogP contribution in [-0.4, -0.2) is 70.0 Å². The lowest BCUT2D eigenvalue weighted by Gasteiger charge is -2.32. The van der Waals surface area contributed by atoms with Gasteiger partial charge in [0.1, 0.15) is 0 Å². The van der Waals surface area contributed by atoms with Gasteiger partial charge in [-0.25, -0.2) is 4.79 Å². The number of nitrogens with one attached hydrogen (secondary N) is 2. The predicted molar refractivity (Wildman–Crippen MR) is 119 cm³/mol. The van der Waals surface area contributed by atoms with Crippen molar-refractivity contribution in [1.82, 2.24) is 15.5 Å². The van der Waals surface area contributed by atoms with Crippen molar-refractivity contribution in [3.63, 3.8) is 0 Å². The fourth-order valence-corrected chi connectivity index (χ4v) is 3.47. The molecule has 30 heavy (non-hydrogen) atoms. The molecule has 0 saturated carbocycles. The first-order valence-corrected chi connectivity index (χ1v) is 10.8. The van der Waals surface area contributed by atoms with E-state index in [0.29, 0.717) is 25.7 Å². The molecule has 1 fully saturated rings. The van der Waals surface area contributed by atoms with E-state index in [0.717, 1.165) is 56.2 Å². The Kier molecular flexibility index (Phi) is 10.1. The zero-order valence-corrected chi connectivity index (χ0v) is 18.7. The summed E-state index contributed by atoms with van der Waals surface area (Å²) in [4.78, 5) is 18.1. The van der Waals surface area contributed by atoms with Gasteiger partial charge in [-0.2, -0.15) is 0 Å². The van der Waals surface area contributed by atoms with Crippen molar-refractivity contribution in [3.05, 3.63) is 23.8 Å². The monoisotopic (exact) mass is 420 g/mol. The molecular weight excluding hydrogens is 384 g/mol. The molecule has 1 aromatic carbocycles. The smallest absolute Gasteiger partial charge is 0.409 e. The zero-order chi connectivity index (χ0) is 21.8. The predicted octanol–water partition coefficient (Wildman–Crippen LogP) is 2.81. The van der Waals surface area contributed by atoms with Crippen molar-refractivity contribution in [2.24, 2.45) is 4.99 Å². The summed E-state index contributed by atoms with van der Waals surface area (Å²) in [6.07, 6.45) is 3.37. The highest BCUT2D eigenvalue weighted by Gasteiger charge is 2.23. The molecular formula is C22H36N4O4. The molecule has 1 aliphatic heterocycles. The van der Waals surface area contributed by atoms with E-state index in [1.54, 1.807) is 12.0 Å². The molecule has 1 saturated heterocycles. The second-order valence-electron chi connectivity index (χ2n) is 7.16. The van der Waals surface area contributed by atoms with Gasteiger partial charge in [0.25, 0.3) is 0 Å². The maximum absolute atomic E-state index is 11.6. The number of benzene rings is 1. The van der Waals surface area contributed by atoms with Crippen LogP contribution < -0.4 is 20.1 Å². The molecule has 1 heterocycles. The first-order valence-electron chi connectivity index (χ1n) is 10.8. The Hall–Kier alpha value is -2.64. The van der Waals surface area contributed by atoms with E-state index in [1.165, 1.54) is 12.7 Å². The number of piperidine rings is 1. The van der Waals surface area contributed by atoms with E-state index < -0.39 is 0 Å². The second kappa shape index (κ2) is 12.8. The van der Waals surface area contributed by atoms with Gasteiger partial charge in [0.05, 0.1) is 20.8 Å². The van der Waals surface area contributed by atoms with Crippen molar-refractivity contribution in [2.45, 2.75) is 45.6 Å². The average molecular weight is 421 g/mol. The topological polar surface area (TPSA) is 84.4 Å². The van der Waals surface area contributed by atoms with Gasteiger partial charge < -0.3 is 29.7 Å². The van der Waals surface area contributed by atoms with Gasteiger partial charge in [-0.1, -0.05) is 6.07 Å². The van der Waals surface area contributed by atoms with Crippen LogP contribution in [0.2, 0.25) is 0 Å². The van der Waals surface area contributed by atoms with Gasteiger partial charge in [0, 0.05) is 32.2 Å². The second-order valence-corrected chi connectivity index (χ2v) is 7.16. The van der Waals surface area contributed by atoms with Crippen LogP contribution in [0, 0.1) is 0 Å². The summed E-state index contributed by atoms with van der Waals surface area (Å²) in [6.45, 7) is 7.57. The molecule has 2 N–H and O–H groups in total. The fraction of sp³-hybridized carbons (Fsp3) is 0.636. The molecule has 0 spiro atoms. The SMILES string of the molecule is CCNC(=NCCCc1ccc(OC)c(OCC)c1)NC1CCN(C(=O)OC)CC1. The number of aryl methyl sites for hydroxylation is 1. The summed E-state index contributed by atoms with van der Waals surface area (Å²) in [5.74, 6) is 2.38. The fourth-order valence-electron chi connectivity index (χ4n) is 3.47. The van der Waals surface area contributed by atoms with Gasteiger partial charge in [-0.05, 0) is 57.2 Å². The Balaban J connectivity index is 1.82. The molecule has 0 aliphatic carbocycles. The van der Waals surface area contributed by atoms with E-state index in [1.807, 2.05) is 19.1 Å². The minimum absolute atomic E-state index is 0.250. The number of amides is 1. The number of carbonyl (C=O) groups excluding carboxylic acids is 1. The normalized spacial score (nSPS) is 14.9. The van der Waals surface area contributed by atoms with Crippen molar-refractivity contribution in [1.29, 1.82) is 0 Å². The van der Waals surface area contributed by atoms with E-state index >= 15 is 0 Å². The Morgan fingerprint density at radius 2 is 1.97 bits per heavy atom. The third-order valence-electron chi connectivity index (χ3n) is 5.03. The van der Waals surface area contributed by atoms with Crippen LogP contribution in [0.5, 0.6) is 11.5 Å². The number of carbonyl (C=O) groups is 1. The van der Waals surface area contributed by atoms with Crippen LogP contribution in [0.3, 0.4) is 0 Å². The summed E-state index contributed by atoms with van der Waals surface area (Å²) in [5, 5.41) is 6.81.